The first-order chi connectivity index (χ1) is 26.8. The van der Waals surface area contributed by atoms with Crippen molar-refractivity contribution >= 4 is 60.2 Å². The van der Waals surface area contributed by atoms with E-state index in [0.717, 1.165) is 17.1 Å². The number of rotatable bonds is 6. The number of fused-ring (bicyclic) bond motifs is 2. The van der Waals surface area contributed by atoms with Gasteiger partial charge in [-0.1, -0.05) is 188 Å². The van der Waals surface area contributed by atoms with Gasteiger partial charge in [-0.2, -0.15) is 0 Å². The molecule has 10 aromatic rings. The molecule has 1 aliphatic carbocycles. The summed E-state index contributed by atoms with van der Waals surface area (Å²) in [6.45, 7) is 0. The van der Waals surface area contributed by atoms with Gasteiger partial charge in [0.25, 0.3) is 0 Å². The fraction of sp³-hybridized carbons (Fsp3) is 0.0189. The van der Waals surface area contributed by atoms with Crippen molar-refractivity contribution in [2.45, 2.75) is 5.41 Å². The fourth-order valence-corrected chi connectivity index (χ4v) is 9.33. The van der Waals surface area contributed by atoms with Crippen LogP contribution in [0.5, 0.6) is 0 Å². The Kier molecular flexibility index (Phi) is 6.84. The van der Waals surface area contributed by atoms with Crippen LogP contribution in [0.1, 0.15) is 22.3 Å². The third-order valence-electron chi connectivity index (χ3n) is 11.7. The van der Waals surface area contributed by atoms with Crippen LogP contribution in [-0.2, 0) is 5.41 Å². The van der Waals surface area contributed by atoms with Crippen molar-refractivity contribution in [3.05, 3.63) is 235 Å². The maximum Gasteiger partial charge on any atom is 0.0714 e. The summed E-state index contributed by atoms with van der Waals surface area (Å²) in [5, 5.41) is 10.2. The Labute approximate surface area is 315 Å². The molecule has 0 radical (unpaired) electrons. The van der Waals surface area contributed by atoms with Crippen molar-refractivity contribution in [2.24, 2.45) is 0 Å². The van der Waals surface area contributed by atoms with E-state index in [-0.39, 0.29) is 0 Å². The summed E-state index contributed by atoms with van der Waals surface area (Å²) in [4.78, 5) is 2.42. The molecule has 0 saturated heterocycles. The molecule has 0 fully saturated rings. The molecule has 11 rings (SSSR count). The Hall–Kier alpha value is -6.96. The van der Waals surface area contributed by atoms with Gasteiger partial charge in [-0.15, -0.1) is 0 Å². The lowest BCUT2D eigenvalue weighted by molar-refractivity contribution is 0.771. The van der Waals surface area contributed by atoms with Gasteiger partial charge in [0.15, 0.2) is 0 Å². The molecular weight excluding hydrogens is 651 g/mol. The molecule has 0 bridgehead atoms. The van der Waals surface area contributed by atoms with Crippen LogP contribution in [0.3, 0.4) is 0 Å². The molecule has 0 spiro atoms. The minimum Gasteiger partial charge on any atom is -0.309 e. The Morgan fingerprint density at radius 3 is 1.28 bits per heavy atom. The molecule has 0 saturated carbocycles. The summed E-state index contributed by atoms with van der Waals surface area (Å²) in [5.74, 6) is 0. The summed E-state index contributed by atoms with van der Waals surface area (Å²) < 4.78 is 0. The van der Waals surface area contributed by atoms with E-state index in [9.17, 15) is 0 Å². The maximum absolute atomic E-state index is 2.42. The lowest BCUT2D eigenvalue weighted by atomic mass is 9.67. The van der Waals surface area contributed by atoms with E-state index in [1.807, 2.05) is 0 Å². The maximum atomic E-state index is 2.42. The van der Waals surface area contributed by atoms with Crippen molar-refractivity contribution in [3.63, 3.8) is 0 Å². The quantitative estimate of drug-likeness (QED) is 0.158. The van der Waals surface area contributed by atoms with Gasteiger partial charge >= 0.3 is 0 Å². The first-order valence-corrected chi connectivity index (χ1v) is 18.8. The lowest BCUT2D eigenvalue weighted by Gasteiger charge is -2.34. The van der Waals surface area contributed by atoms with Crippen LogP contribution >= 0.6 is 0 Å². The smallest absolute Gasteiger partial charge is 0.0714 e. The van der Waals surface area contributed by atoms with Crippen molar-refractivity contribution < 1.29 is 0 Å². The van der Waals surface area contributed by atoms with E-state index in [1.54, 1.807) is 0 Å². The third kappa shape index (κ3) is 4.45. The van der Waals surface area contributed by atoms with Gasteiger partial charge in [0, 0.05) is 16.5 Å². The zero-order valence-electron chi connectivity index (χ0n) is 29.7. The zero-order valence-corrected chi connectivity index (χ0v) is 29.7. The van der Waals surface area contributed by atoms with Crippen LogP contribution in [-0.4, -0.2) is 0 Å². The van der Waals surface area contributed by atoms with E-state index in [2.05, 4.69) is 217 Å². The fourth-order valence-electron chi connectivity index (χ4n) is 9.33. The second-order valence-corrected chi connectivity index (χ2v) is 14.4. The topological polar surface area (TPSA) is 3.24 Å². The largest absolute Gasteiger partial charge is 0.309 e. The first-order valence-electron chi connectivity index (χ1n) is 18.8. The van der Waals surface area contributed by atoms with E-state index in [4.69, 9.17) is 0 Å². The predicted octanol–water partition coefficient (Wildman–Crippen LogP) is 14.1. The normalized spacial score (nSPS) is 13.0. The number of hydrogen-bond donors (Lipinski definition) is 0. The number of benzene rings is 10. The van der Waals surface area contributed by atoms with E-state index < -0.39 is 5.41 Å². The highest BCUT2D eigenvalue weighted by Gasteiger charge is 2.44. The van der Waals surface area contributed by atoms with E-state index >= 15 is 0 Å². The van der Waals surface area contributed by atoms with Crippen LogP contribution in [0.4, 0.5) is 17.1 Å². The molecule has 1 heteroatoms. The molecule has 1 nitrogen and oxygen atoms in total. The Morgan fingerprint density at radius 2 is 0.722 bits per heavy atom. The van der Waals surface area contributed by atoms with Gasteiger partial charge in [0.1, 0.15) is 0 Å². The Bertz CT molecular complexity index is 2880. The molecule has 0 heterocycles. The minimum atomic E-state index is -0.413. The highest BCUT2D eigenvalue weighted by atomic mass is 15.1. The van der Waals surface area contributed by atoms with E-state index in [0.29, 0.717) is 0 Å². The van der Waals surface area contributed by atoms with E-state index in [1.165, 1.54) is 76.5 Å². The molecule has 1 aliphatic rings. The zero-order chi connectivity index (χ0) is 35.6. The standard InChI is InChI=1S/C53H35N/c1-2-18-42(19-3-1)53(47-22-8-16-40-26-27-41-17-9-23-48(53)52(41)51(40)47)43-32-28-36(29-33-43)37-30-34-44(35-31-37)54(49-24-10-14-38-12-4-6-20-45(38)49)50-25-11-15-39-13-5-7-21-46(39)50/h1-35H. The molecule has 0 unspecified atom stereocenters. The van der Waals surface area contributed by atoms with Gasteiger partial charge in [0.05, 0.1) is 16.8 Å². The molecular formula is C53H35N. The van der Waals surface area contributed by atoms with Crippen LogP contribution in [0.25, 0.3) is 54.2 Å². The van der Waals surface area contributed by atoms with Gasteiger partial charge in [0.2, 0.25) is 0 Å². The second kappa shape index (κ2) is 12.0. The Morgan fingerprint density at radius 1 is 0.296 bits per heavy atom. The first kappa shape index (κ1) is 30.6. The van der Waals surface area contributed by atoms with Crippen LogP contribution in [0.15, 0.2) is 212 Å². The monoisotopic (exact) mass is 685 g/mol. The van der Waals surface area contributed by atoms with Crippen molar-refractivity contribution in [1.82, 2.24) is 0 Å². The molecule has 0 aliphatic heterocycles. The average molecular weight is 686 g/mol. The van der Waals surface area contributed by atoms with Crippen molar-refractivity contribution in [2.75, 3.05) is 4.90 Å². The molecule has 0 amide bonds. The summed E-state index contributed by atoms with van der Waals surface area (Å²) in [6.07, 6.45) is 0. The molecule has 252 valence electrons. The molecule has 0 aromatic heterocycles. The second-order valence-electron chi connectivity index (χ2n) is 14.4. The van der Waals surface area contributed by atoms with Crippen LogP contribution in [0, 0.1) is 0 Å². The van der Waals surface area contributed by atoms with Crippen LogP contribution in [0.2, 0.25) is 0 Å². The summed E-state index contributed by atoms with van der Waals surface area (Å²) >= 11 is 0. The number of hydrogen-bond acceptors (Lipinski definition) is 1. The van der Waals surface area contributed by atoms with Crippen molar-refractivity contribution in [1.29, 1.82) is 0 Å². The number of nitrogens with zero attached hydrogens (tertiary/aromatic N) is 1. The number of anilines is 3. The highest BCUT2D eigenvalue weighted by molar-refractivity contribution is 6.16. The van der Waals surface area contributed by atoms with Gasteiger partial charge < -0.3 is 4.90 Å². The summed E-state index contributed by atoms with van der Waals surface area (Å²) in [6, 6.07) is 78.2. The third-order valence-corrected chi connectivity index (χ3v) is 11.7. The molecule has 54 heavy (non-hydrogen) atoms. The SMILES string of the molecule is c1ccc(C2(c3ccc(-c4ccc(N(c5cccc6ccccc56)c5cccc6ccccc56)cc4)cc3)c3cccc4ccc5cccc2c5c34)cc1. The molecule has 0 atom stereocenters. The molecule has 0 N–H and O–H groups in total. The summed E-state index contributed by atoms with van der Waals surface area (Å²) in [7, 11) is 0. The van der Waals surface area contributed by atoms with Crippen LogP contribution < -0.4 is 4.90 Å². The highest BCUT2D eigenvalue weighted by Crippen LogP contribution is 2.56. The van der Waals surface area contributed by atoms with Crippen molar-refractivity contribution in [3.8, 4) is 11.1 Å². The molecule has 10 aromatic carbocycles. The van der Waals surface area contributed by atoms with Gasteiger partial charge in [-0.05, 0) is 90.0 Å². The summed E-state index contributed by atoms with van der Waals surface area (Å²) in [5.41, 5.74) is 10.7. The average Bonchev–Trinajstić information content (AvgIpc) is 3.56. The van der Waals surface area contributed by atoms with Gasteiger partial charge in [-0.3, -0.25) is 0 Å². The van der Waals surface area contributed by atoms with Gasteiger partial charge in [-0.25, -0.2) is 0 Å². The Balaban J connectivity index is 1.04. The minimum absolute atomic E-state index is 0.413. The predicted molar refractivity (Wildman–Crippen MR) is 228 cm³/mol. The lowest BCUT2D eigenvalue weighted by Crippen LogP contribution is -2.28.